The summed E-state index contributed by atoms with van der Waals surface area (Å²) in [6.45, 7) is 0. The molecule has 0 bridgehead atoms. The molecule has 1 amide bonds. The van der Waals surface area contributed by atoms with Gasteiger partial charge in [0.15, 0.2) is 10.3 Å². The highest BCUT2D eigenvalue weighted by atomic mass is 79.9. The fraction of sp³-hybridized carbons (Fsp3) is 0.182. The number of rotatable bonds is 8. The van der Waals surface area contributed by atoms with E-state index in [2.05, 4.69) is 48.6 Å². The van der Waals surface area contributed by atoms with Crippen molar-refractivity contribution in [2.24, 2.45) is 7.05 Å². The fourth-order valence-electron chi connectivity index (χ4n) is 2.96. The number of nitrogens with zero attached hydrogens (tertiary/aromatic N) is 4. The van der Waals surface area contributed by atoms with E-state index in [4.69, 9.17) is 0 Å². The maximum atomic E-state index is 12.4. The molecule has 158 valence electrons. The molecule has 2 aromatic carbocycles. The summed E-state index contributed by atoms with van der Waals surface area (Å²) in [5.74, 6) is 1.04. The van der Waals surface area contributed by atoms with E-state index >= 15 is 0 Å². The van der Waals surface area contributed by atoms with E-state index in [-0.39, 0.29) is 11.7 Å². The van der Waals surface area contributed by atoms with Crippen molar-refractivity contribution in [3.63, 3.8) is 0 Å². The zero-order valence-electron chi connectivity index (χ0n) is 16.8. The van der Waals surface area contributed by atoms with Crippen molar-refractivity contribution in [3.05, 3.63) is 75.8 Å². The van der Waals surface area contributed by atoms with Crippen molar-refractivity contribution < 1.29 is 4.79 Å². The van der Waals surface area contributed by atoms with Crippen LogP contribution in [0.4, 0.5) is 5.13 Å². The lowest BCUT2D eigenvalue weighted by Crippen LogP contribution is -2.14. The van der Waals surface area contributed by atoms with Crippen LogP contribution in [0.1, 0.15) is 11.4 Å². The van der Waals surface area contributed by atoms with Crippen LogP contribution in [0.5, 0.6) is 0 Å². The molecule has 0 aliphatic carbocycles. The Morgan fingerprint density at radius 3 is 2.65 bits per heavy atom. The van der Waals surface area contributed by atoms with Crippen molar-refractivity contribution in [3.8, 4) is 11.3 Å². The molecule has 9 heteroatoms. The summed E-state index contributed by atoms with van der Waals surface area (Å²) >= 11 is 6.21. The lowest BCUT2D eigenvalue weighted by atomic mass is 10.1. The molecule has 0 aliphatic heterocycles. The van der Waals surface area contributed by atoms with Gasteiger partial charge in [0.05, 0.1) is 11.4 Å². The SMILES string of the molecule is Cn1c(CCc2ccccc2)nnc1SCC(=O)Nc1nc(-c2ccc(Br)cc2)cs1. The van der Waals surface area contributed by atoms with Gasteiger partial charge in [-0.05, 0) is 24.1 Å². The summed E-state index contributed by atoms with van der Waals surface area (Å²) in [5.41, 5.74) is 3.12. The number of thiazole rings is 1. The summed E-state index contributed by atoms with van der Waals surface area (Å²) in [6.07, 6.45) is 1.71. The van der Waals surface area contributed by atoms with Gasteiger partial charge in [-0.25, -0.2) is 4.98 Å². The maximum absolute atomic E-state index is 12.4. The molecule has 1 N–H and O–H groups in total. The molecule has 2 aromatic heterocycles. The van der Waals surface area contributed by atoms with Gasteiger partial charge in [0, 0.05) is 28.9 Å². The Balaban J connectivity index is 1.29. The number of carbonyl (C=O) groups excluding carboxylic acids is 1. The summed E-state index contributed by atoms with van der Waals surface area (Å²) in [4.78, 5) is 16.9. The van der Waals surface area contributed by atoms with Crippen molar-refractivity contribution in [1.82, 2.24) is 19.7 Å². The van der Waals surface area contributed by atoms with Crippen LogP contribution in [0, 0.1) is 0 Å². The van der Waals surface area contributed by atoms with Gasteiger partial charge in [-0.2, -0.15) is 0 Å². The standard InChI is InChI=1S/C22H20BrN5OS2/c1-28-19(12-7-15-5-3-2-4-6-15)26-27-22(28)31-14-20(29)25-21-24-18(13-30-21)16-8-10-17(23)11-9-16/h2-6,8-11,13H,7,12,14H2,1H3,(H,24,25,29). The Morgan fingerprint density at radius 1 is 1.10 bits per heavy atom. The van der Waals surface area contributed by atoms with E-state index < -0.39 is 0 Å². The van der Waals surface area contributed by atoms with Gasteiger partial charge in [-0.1, -0.05) is 70.2 Å². The molecule has 0 radical (unpaired) electrons. The molecule has 0 unspecified atom stereocenters. The second kappa shape index (κ2) is 10.2. The molecule has 0 aliphatic rings. The van der Waals surface area contributed by atoms with Gasteiger partial charge in [-0.15, -0.1) is 21.5 Å². The first-order chi connectivity index (χ1) is 15.1. The van der Waals surface area contributed by atoms with E-state index in [0.29, 0.717) is 5.13 Å². The Hall–Kier alpha value is -2.49. The molecule has 31 heavy (non-hydrogen) atoms. The molecule has 4 aromatic rings. The molecule has 0 saturated heterocycles. The quantitative estimate of drug-likeness (QED) is 0.327. The van der Waals surface area contributed by atoms with Crippen LogP contribution in [0.15, 0.2) is 69.6 Å². The average Bonchev–Trinajstić information content (AvgIpc) is 3.38. The van der Waals surface area contributed by atoms with Gasteiger partial charge in [0.1, 0.15) is 5.82 Å². The minimum Gasteiger partial charge on any atom is -0.309 e. The van der Waals surface area contributed by atoms with Crippen LogP contribution < -0.4 is 5.32 Å². The third kappa shape index (κ3) is 5.81. The van der Waals surface area contributed by atoms with E-state index in [1.54, 1.807) is 0 Å². The number of thioether (sulfide) groups is 1. The van der Waals surface area contributed by atoms with E-state index in [1.807, 2.05) is 59.5 Å². The highest BCUT2D eigenvalue weighted by molar-refractivity contribution is 9.10. The zero-order chi connectivity index (χ0) is 21.6. The number of aromatic nitrogens is 4. The van der Waals surface area contributed by atoms with Crippen LogP contribution in [-0.2, 0) is 24.7 Å². The topological polar surface area (TPSA) is 72.7 Å². The Bertz CT molecular complexity index is 1160. The minimum absolute atomic E-state index is 0.115. The van der Waals surface area contributed by atoms with Crippen LogP contribution in [-0.4, -0.2) is 31.4 Å². The molecule has 6 nitrogen and oxygen atoms in total. The molecule has 4 rings (SSSR count). The van der Waals surface area contributed by atoms with E-state index in [1.165, 1.54) is 28.7 Å². The molecule has 0 saturated carbocycles. The summed E-state index contributed by atoms with van der Waals surface area (Å²) < 4.78 is 2.97. The molecule has 0 fully saturated rings. The van der Waals surface area contributed by atoms with E-state index in [9.17, 15) is 4.79 Å². The predicted octanol–water partition coefficient (Wildman–Crippen LogP) is 5.22. The predicted molar refractivity (Wildman–Crippen MR) is 129 cm³/mol. The summed E-state index contributed by atoms with van der Waals surface area (Å²) in [5, 5.41) is 14.6. The third-order valence-corrected chi connectivity index (χ3v) is 6.93. The van der Waals surface area contributed by atoms with Crippen molar-refractivity contribution >= 4 is 50.1 Å². The van der Waals surface area contributed by atoms with Gasteiger partial charge in [0.25, 0.3) is 0 Å². The Labute approximate surface area is 197 Å². The second-order valence-corrected chi connectivity index (χ2v) is 9.54. The number of nitrogens with one attached hydrogen (secondary N) is 1. The molecule has 0 spiro atoms. The van der Waals surface area contributed by atoms with Gasteiger partial charge in [0.2, 0.25) is 5.91 Å². The Kier molecular flexibility index (Phi) is 7.16. The van der Waals surface area contributed by atoms with Crippen LogP contribution >= 0.6 is 39.0 Å². The summed E-state index contributed by atoms with van der Waals surface area (Å²) in [6, 6.07) is 18.2. The van der Waals surface area contributed by atoms with Gasteiger partial charge < -0.3 is 9.88 Å². The molecular weight excluding hydrogens is 494 g/mol. The number of amides is 1. The second-order valence-electron chi connectivity index (χ2n) is 6.83. The number of halogens is 1. The summed E-state index contributed by atoms with van der Waals surface area (Å²) in [7, 11) is 1.94. The van der Waals surface area contributed by atoms with Crippen LogP contribution in [0.2, 0.25) is 0 Å². The van der Waals surface area contributed by atoms with Crippen molar-refractivity contribution in [1.29, 1.82) is 0 Å². The van der Waals surface area contributed by atoms with Gasteiger partial charge in [-0.3, -0.25) is 4.79 Å². The van der Waals surface area contributed by atoms with E-state index in [0.717, 1.165) is 39.6 Å². The number of benzene rings is 2. The number of aryl methyl sites for hydroxylation is 2. The highest BCUT2D eigenvalue weighted by Gasteiger charge is 2.13. The first-order valence-corrected chi connectivity index (χ1v) is 12.3. The fourth-order valence-corrected chi connectivity index (χ4v) is 4.69. The van der Waals surface area contributed by atoms with Crippen molar-refractivity contribution in [2.45, 2.75) is 18.0 Å². The molecular formula is C22H20BrN5OS2. The van der Waals surface area contributed by atoms with Crippen LogP contribution in [0.25, 0.3) is 11.3 Å². The first-order valence-electron chi connectivity index (χ1n) is 9.65. The monoisotopic (exact) mass is 513 g/mol. The van der Waals surface area contributed by atoms with Crippen LogP contribution in [0.3, 0.4) is 0 Å². The van der Waals surface area contributed by atoms with Gasteiger partial charge >= 0.3 is 0 Å². The number of carbonyl (C=O) groups is 1. The first kappa shape index (κ1) is 21.7. The lowest BCUT2D eigenvalue weighted by molar-refractivity contribution is -0.113. The maximum Gasteiger partial charge on any atom is 0.236 e. The highest BCUT2D eigenvalue weighted by Crippen LogP contribution is 2.26. The Morgan fingerprint density at radius 2 is 1.87 bits per heavy atom. The largest absolute Gasteiger partial charge is 0.309 e. The average molecular weight is 514 g/mol. The smallest absolute Gasteiger partial charge is 0.236 e. The zero-order valence-corrected chi connectivity index (χ0v) is 20.0. The number of hydrogen-bond acceptors (Lipinski definition) is 6. The minimum atomic E-state index is -0.115. The lowest BCUT2D eigenvalue weighted by Gasteiger charge is -2.04. The van der Waals surface area contributed by atoms with Crippen molar-refractivity contribution in [2.75, 3.05) is 11.1 Å². The third-order valence-electron chi connectivity index (χ3n) is 4.63. The number of hydrogen-bond donors (Lipinski definition) is 1. The number of anilines is 1. The normalized spacial score (nSPS) is 10.9. The molecule has 2 heterocycles. The molecule has 0 atom stereocenters.